The van der Waals surface area contributed by atoms with E-state index in [1.54, 1.807) is 6.92 Å². The number of thiazole rings is 1. The van der Waals surface area contributed by atoms with Crippen LogP contribution in [0.2, 0.25) is 0 Å². The first-order chi connectivity index (χ1) is 9.47. The third kappa shape index (κ3) is 3.47. The van der Waals surface area contributed by atoms with E-state index in [4.69, 9.17) is 5.11 Å². The summed E-state index contributed by atoms with van der Waals surface area (Å²) in [7, 11) is 0. The van der Waals surface area contributed by atoms with Crippen molar-refractivity contribution in [3.05, 3.63) is 16.1 Å². The van der Waals surface area contributed by atoms with Gasteiger partial charge < -0.3 is 15.7 Å². The average Bonchev–Trinajstić information content (AvgIpc) is 2.99. The summed E-state index contributed by atoms with van der Waals surface area (Å²) < 4.78 is 0. The van der Waals surface area contributed by atoms with Crippen LogP contribution < -0.4 is 10.6 Å². The fourth-order valence-electron chi connectivity index (χ4n) is 2.41. The largest absolute Gasteiger partial charge is 0.476 e. The molecule has 0 saturated heterocycles. The Morgan fingerprint density at radius 2 is 2.25 bits per heavy atom. The van der Waals surface area contributed by atoms with Gasteiger partial charge in [-0.2, -0.15) is 0 Å². The Morgan fingerprint density at radius 1 is 1.50 bits per heavy atom. The van der Waals surface area contributed by atoms with Crippen LogP contribution in [-0.4, -0.2) is 28.1 Å². The van der Waals surface area contributed by atoms with Crippen molar-refractivity contribution in [1.82, 2.24) is 15.6 Å². The molecule has 0 bridgehead atoms. The first kappa shape index (κ1) is 14.8. The lowest BCUT2D eigenvalue weighted by molar-refractivity contribution is 0.0691. The molecule has 3 unspecified atom stereocenters. The van der Waals surface area contributed by atoms with Crippen molar-refractivity contribution >= 4 is 23.3 Å². The fraction of sp³-hybridized carbons (Fsp3) is 0.615. The smallest absolute Gasteiger partial charge is 0.355 e. The predicted octanol–water partition coefficient (Wildman–Crippen LogP) is 2.39. The van der Waals surface area contributed by atoms with Crippen molar-refractivity contribution < 1.29 is 14.7 Å². The number of carboxylic acids is 1. The number of carbonyl (C=O) groups excluding carboxylic acids is 1. The second-order valence-corrected chi connectivity index (χ2v) is 6.12. The second-order valence-electron chi connectivity index (χ2n) is 5.23. The van der Waals surface area contributed by atoms with E-state index in [0.29, 0.717) is 10.9 Å². The van der Waals surface area contributed by atoms with E-state index in [2.05, 4.69) is 22.5 Å². The Morgan fingerprint density at radius 3 is 2.80 bits per heavy atom. The minimum atomic E-state index is -1.05. The van der Waals surface area contributed by atoms with Crippen LogP contribution in [0.1, 0.15) is 54.6 Å². The highest BCUT2D eigenvalue weighted by molar-refractivity contribution is 7.09. The minimum Gasteiger partial charge on any atom is -0.476 e. The maximum Gasteiger partial charge on any atom is 0.355 e. The molecule has 2 amide bonds. The number of rotatable bonds is 4. The lowest BCUT2D eigenvalue weighted by Gasteiger charge is -2.19. The Bertz CT molecular complexity index is 503. The van der Waals surface area contributed by atoms with Gasteiger partial charge >= 0.3 is 12.0 Å². The molecule has 110 valence electrons. The summed E-state index contributed by atoms with van der Waals surface area (Å²) >= 11 is 1.24. The van der Waals surface area contributed by atoms with Crippen LogP contribution in [0.15, 0.2) is 5.38 Å². The maximum atomic E-state index is 11.9. The third-order valence-electron chi connectivity index (χ3n) is 3.64. The molecule has 1 aromatic rings. The number of amides is 2. The summed E-state index contributed by atoms with van der Waals surface area (Å²) in [6, 6.07) is -0.291. The van der Waals surface area contributed by atoms with E-state index >= 15 is 0 Å². The first-order valence-corrected chi connectivity index (χ1v) is 7.61. The molecule has 2 rings (SSSR count). The second kappa shape index (κ2) is 6.21. The van der Waals surface area contributed by atoms with Crippen LogP contribution in [0.4, 0.5) is 4.79 Å². The Labute approximate surface area is 121 Å². The number of aromatic nitrogens is 1. The highest BCUT2D eigenvalue weighted by Gasteiger charge is 2.25. The molecule has 3 N–H and O–H groups in total. The van der Waals surface area contributed by atoms with Gasteiger partial charge in [-0.1, -0.05) is 13.3 Å². The molecular formula is C13H19N3O3S. The van der Waals surface area contributed by atoms with Gasteiger partial charge in [-0.3, -0.25) is 0 Å². The topological polar surface area (TPSA) is 91.3 Å². The summed E-state index contributed by atoms with van der Waals surface area (Å²) in [6.45, 7) is 3.93. The fourth-order valence-corrected chi connectivity index (χ4v) is 3.21. The number of hydrogen-bond acceptors (Lipinski definition) is 4. The molecule has 6 nitrogen and oxygen atoms in total. The van der Waals surface area contributed by atoms with Crippen LogP contribution in [0.25, 0.3) is 0 Å². The Hall–Kier alpha value is -1.63. The summed E-state index contributed by atoms with van der Waals surface area (Å²) in [5.41, 5.74) is 0.0171. The zero-order chi connectivity index (χ0) is 14.7. The standard InChI is InChI=1S/C13H19N3O3S/c1-7-4-3-5-9(7)16-13(19)14-8(2)11-15-10(6-20-11)12(17)18/h6-9H,3-5H2,1-2H3,(H,17,18)(H2,14,16,19). The van der Waals surface area contributed by atoms with Crippen LogP contribution in [-0.2, 0) is 0 Å². The molecule has 0 aromatic carbocycles. The van der Waals surface area contributed by atoms with Gasteiger partial charge in [-0.15, -0.1) is 11.3 Å². The van der Waals surface area contributed by atoms with E-state index in [-0.39, 0.29) is 23.8 Å². The normalized spacial score (nSPS) is 23.3. The third-order valence-corrected chi connectivity index (χ3v) is 4.66. The van der Waals surface area contributed by atoms with Crippen molar-refractivity contribution in [2.75, 3.05) is 0 Å². The van der Waals surface area contributed by atoms with Gasteiger partial charge in [0.1, 0.15) is 5.01 Å². The van der Waals surface area contributed by atoms with Gasteiger partial charge in [-0.25, -0.2) is 14.6 Å². The molecule has 1 aliphatic carbocycles. The highest BCUT2D eigenvalue weighted by Crippen LogP contribution is 2.25. The maximum absolute atomic E-state index is 11.9. The molecule has 1 aromatic heterocycles. The van der Waals surface area contributed by atoms with E-state index in [1.165, 1.54) is 16.7 Å². The van der Waals surface area contributed by atoms with E-state index in [9.17, 15) is 9.59 Å². The molecule has 1 aliphatic rings. The van der Waals surface area contributed by atoms with Gasteiger partial charge in [0, 0.05) is 11.4 Å². The predicted molar refractivity (Wildman–Crippen MR) is 76.0 cm³/mol. The van der Waals surface area contributed by atoms with Crippen molar-refractivity contribution in [1.29, 1.82) is 0 Å². The number of urea groups is 1. The Kier molecular flexibility index (Phi) is 4.59. The zero-order valence-electron chi connectivity index (χ0n) is 11.5. The van der Waals surface area contributed by atoms with E-state index < -0.39 is 5.97 Å². The van der Waals surface area contributed by atoms with E-state index in [0.717, 1.165) is 19.3 Å². The lowest BCUT2D eigenvalue weighted by Crippen LogP contribution is -2.43. The monoisotopic (exact) mass is 297 g/mol. The molecule has 1 heterocycles. The van der Waals surface area contributed by atoms with Crippen LogP contribution in [0.3, 0.4) is 0 Å². The van der Waals surface area contributed by atoms with Gasteiger partial charge in [0.25, 0.3) is 0 Å². The molecule has 1 fully saturated rings. The van der Waals surface area contributed by atoms with E-state index in [1.807, 2.05) is 0 Å². The van der Waals surface area contributed by atoms with Crippen molar-refractivity contribution in [3.63, 3.8) is 0 Å². The average molecular weight is 297 g/mol. The summed E-state index contributed by atoms with van der Waals surface area (Å²) in [4.78, 5) is 26.7. The van der Waals surface area contributed by atoms with Gasteiger partial charge in [0.15, 0.2) is 5.69 Å². The molecular weight excluding hydrogens is 278 g/mol. The van der Waals surface area contributed by atoms with Crippen LogP contribution in [0.5, 0.6) is 0 Å². The minimum absolute atomic E-state index is 0.0171. The van der Waals surface area contributed by atoms with Gasteiger partial charge in [0.05, 0.1) is 6.04 Å². The van der Waals surface area contributed by atoms with Gasteiger partial charge in [0.2, 0.25) is 0 Å². The molecule has 3 atom stereocenters. The zero-order valence-corrected chi connectivity index (χ0v) is 12.4. The summed E-state index contributed by atoms with van der Waals surface area (Å²) in [5, 5.41) is 16.7. The molecule has 20 heavy (non-hydrogen) atoms. The van der Waals surface area contributed by atoms with Crippen LogP contribution in [0, 0.1) is 5.92 Å². The molecule has 7 heteroatoms. The SMILES string of the molecule is CC(NC(=O)NC1CCCC1C)c1nc(C(=O)O)cs1. The number of hydrogen-bond donors (Lipinski definition) is 3. The van der Waals surface area contributed by atoms with Gasteiger partial charge in [-0.05, 0) is 25.7 Å². The van der Waals surface area contributed by atoms with Crippen molar-refractivity contribution in [2.24, 2.45) is 5.92 Å². The van der Waals surface area contributed by atoms with Crippen molar-refractivity contribution in [3.8, 4) is 0 Å². The van der Waals surface area contributed by atoms with Crippen LogP contribution >= 0.6 is 11.3 Å². The lowest BCUT2D eigenvalue weighted by atomic mass is 10.1. The molecule has 1 saturated carbocycles. The molecule has 0 spiro atoms. The summed E-state index contributed by atoms with van der Waals surface area (Å²) in [6.07, 6.45) is 3.31. The number of carboxylic acid groups (broad SMARTS) is 1. The number of carbonyl (C=O) groups is 2. The number of aromatic carboxylic acids is 1. The molecule has 0 aliphatic heterocycles. The number of nitrogens with one attached hydrogen (secondary N) is 2. The highest BCUT2D eigenvalue weighted by atomic mass is 32.1. The number of nitrogens with zero attached hydrogens (tertiary/aromatic N) is 1. The summed E-state index contributed by atoms with van der Waals surface area (Å²) in [5.74, 6) is -0.543. The first-order valence-electron chi connectivity index (χ1n) is 6.73. The molecule has 0 radical (unpaired) electrons. The van der Waals surface area contributed by atoms with Crippen molar-refractivity contribution in [2.45, 2.75) is 45.2 Å². The Balaban J connectivity index is 1.88. The quantitative estimate of drug-likeness (QED) is 0.795.